The van der Waals surface area contributed by atoms with Crippen molar-refractivity contribution >= 4 is 39.1 Å². The van der Waals surface area contributed by atoms with Gasteiger partial charge in [0.1, 0.15) is 11.0 Å². The third-order valence-corrected chi connectivity index (χ3v) is 7.39. The van der Waals surface area contributed by atoms with Crippen molar-refractivity contribution in [3.63, 3.8) is 0 Å². The smallest absolute Gasteiger partial charge is 0.244 e. The first-order valence-electron chi connectivity index (χ1n) is 9.06. The molecule has 1 saturated heterocycles. The molecule has 1 aliphatic heterocycles. The molecule has 7 nitrogen and oxygen atoms in total. The van der Waals surface area contributed by atoms with Crippen LogP contribution in [0.1, 0.15) is 5.69 Å². The van der Waals surface area contributed by atoms with E-state index in [-0.39, 0.29) is 28.7 Å². The van der Waals surface area contributed by atoms with E-state index in [1.165, 1.54) is 16.4 Å². The van der Waals surface area contributed by atoms with Gasteiger partial charge in [0.15, 0.2) is 0 Å². The number of nitrogens with zero attached hydrogens (tertiary/aromatic N) is 4. The second kappa shape index (κ2) is 8.28. The van der Waals surface area contributed by atoms with Gasteiger partial charge in [0.25, 0.3) is 0 Å². The fourth-order valence-corrected chi connectivity index (χ4v) is 5.41. The van der Waals surface area contributed by atoms with Crippen LogP contribution in [0.3, 0.4) is 0 Å². The van der Waals surface area contributed by atoms with Crippen molar-refractivity contribution in [1.29, 1.82) is 5.26 Å². The molecular weight excluding hydrogens is 447 g/mol. The lowest BCUT2D eigenvalue weighted by atomic mass is 10.2. The first-order chi connectivity index (χ1) is 14.4. The highest BCUT2D eigenvalue weighted by Crippen LogP contribution is 2.31. The van der Waals surface area contributed by atoms with Crippen molar-refractivity contribution < 1.29 is 12.8 Å². The lowest BCUT2D eigenvalue weighted by Crippen LogP contribution is -2.48. The molecule has 1 fully saturated rings. The number of hydrogen-bond donors (Lipinski definition) is 0. The van der Waals surface area contributed by atoms with Crippen LogP contribution < -0.4 is 4.90 Å². The molecule has 4 rings (SSSR count). The van der Waals surface area contributed by atoms with Crippen molar-refractivity contribution in [1.82, 2.24) is 9.29 Å². The lowest BCUT2D eigenvalue weighted by Gasteiger charge is -2.33. The van der Waals surface area contributed by atoms with E-state index < -0.39 is 10.0 Å². The van der Waals surface area contributed by atoms with Crippen LogP contribution in [0.5, 0.6) is 0 Å². The first kappa shape index (κ1) is 20.7. The Morgan fingerprint density at radius 1 is 1.03 bits per heavy atom. The molecule has 1 aromatic heterocycles. The van der Waals surface area contributed by atoms with Crippen LogP contribution in [0.25, 0.3) is 11.5 Å². The molecule has 0 spiro atoms. The van der Waals surface area contributed by atoms with E-state index >= 15 is 0 Å². The van der Waals surface area contributed by atoms with Crippen LogP contribution >= 0.6 is 23.2 Å². The molecule has 2 heterocycles. The lowest BCUT2D eigenvalue weighted by molar-refractivity contribution is 0.374. The Bertz CT molecular complexity index is 1210. The summed E-state index contributed by atoms with van der Waals surface area (Å²) in [7, 11) is -3.80. The molecule has 0 atom stereocenters. The molecular formula is C20H16Cl2N4O3S. The van der Waals surface area contributed by atoms with Crippen molar-refractivity contribution in [2.75, 3.05) is 31.1 Å². The second-order valence-corrected chi connectivity index (χ2v) is 9.37. The summed E-state index contributed by atoms with van der Waals surface area (Å²) in [6.45, 7) is 1.10. The molecule has 154 valence electrons. The maximum absolute atomic E-state index is 13.0. The Labute approximate surface area is 184 Å². The fraction of sp³-hybridized carbons (Fsp3) is 0.200. The Morgan fingerprint density at radius 3 is 2.40 bits per heavy atom. The third-order valence-electron chi connectivity index (χ3n) is 4.77. The molecule has 0 saturated carbocycles. The standard InChI is InChI=1S/C20H16Cl2N4O3S/c21-15-6-7-16(22)18(12-15)30(27,28)26-10-8-25(9-11-26)20-17(13-23)24-19(29-20)14-4-2-1-3-5-14/h1-7,12H,8-11H2. The summed E-state index contributed by atoms with van der Waals surface area (Å²) < 4.78 is 33.2. The van der Waals surface area contributed by atoms with Crippen LogP contribution in [0.4, 0.5) is 5.88 Å². The molecule has 0 radical (unpaired) electrons. The summed E-state index contributed by atoms with van der Waals surface area (Å²) in [6, 6.07) is 15.7. The number of oxazole rings is 1. The van der Waals surface area contributed by atoms with Gasteiger partial charge in [0, 0.05) is 36.8 Å². The molecule has 0 unspecified atom stereocenters. The van der Waals surface area contributed by atoms with Gasteiger partial charge in [-0.3, -0.25) is 0 Å². The maximum Gasteiger partial charge on any atom is 0.244 e. The van der Waals surface area contributed by atoms with E-state index in [1.54, 1.807) is 6.07 Å². The maximum atomic E-state index is 13.0. The normalized spacial score (nSPS) is 15.2. The predicted molar refractivity (Wildman–Crippen MR) is 114 cm³/mol. The molecule has 30 heavy (non-hydrogen) atoms. The van der Waals surface area contributed by atoms with E-state index in [0.29, 0.717) is 29.9 Å². The summed E-state index contributed by atoms with van der Waals surface area (Å²) in [5.74, 6) is 0.692. The van der Waals surface area contributed by atoms with Crippen molar-refractivity contribution in [3.8, 4) is 17.5 Å². The topological polar surface area (TPSA) is 90.4 Å². The first-order valence-corrected chi connectivity index (χ1v) is 11.3. The van der Waals surface area contributed by atoms with Gasteiger partial charge < -0.3 is 9.32 Å². The number of anilines is 1. The number of hydrogen-bond acceptors (Lipinski definition) is 6. The van der Waals surface area contributed by atoms with Crippen molar-refractivity contribution in [2.45, 2.75) is 4.90 Å². The van der Waals surface area contributed by atoms with Crippen LogP contribution in [-0.2, 0) is 10.0 Å². The van der Waals surface area contributed by atoms with Crippen LogP contribution in [0.2, 0.25) is 10.0 Å². The second-order valence-electron chi connectivity index (χ2n) is 6.62. The third kappa shape index (κ3) is 3.89. The zero-order valence-electron chi connectivity index (χ0n) is 15.6. The van der Waals surface area contributed by atoms with Crippen molar-refractivity contribution in [2.24, 2.45) is 0 Å². The molecule has 0 N–H and O–H groups in total. The fourth-order valence-electron chi connectivity index (χ4n) is 3.25. The van der Waals surface area contributed by atoms with Gasteiger partial charge in [0.2, 0.25) is 27.5 Å². The Balaban J connectivity index is 1.55. The number of halogens is 2. The molecule has 2 aromatic carbocycles. The summed E-state index contributed by atoms with van der Waals surface area (Å²) in [5.41, 5.74) is 0.931. The predicted octanol–water partition coefficient (Wildman–Crippen LogP) is 4.03. The minimum Gasteiger partial charge on any atom is -0.419 e. The van der Waals surface area contributed by atoms with Crippen LogP contribution in [-0.4, -0.2) is 43.9 Å². The van der Waals surface area contributed by atoms with E-state index in [4.69, 9.17) is 27.6 Å². The average molecular weight is 463 g/mol. The van der Waals surface area contributed by atoms with Gasteiger partial charge in [-0.05, 0) is 30.3 Å². The largest absolute Gasteiger partial charge is 0.419 e. The minimum absolute atomic E-state index is 0.0196. The quantitative estimate of drug-likeness (QED) is 0.581. The minimum atomic E-state index is -3.80. The van der Waals surface area contributed by atoms with Crippen LogP contribution in [0.15, 0.2) is 57.8 Å². The average Bonchev–Trinajstić information content (AvgIpc) is 3.20. The van der Waals surface area contributed by atoms with E-state index in [0.717, 1.165) is 5.56 Å². The van der Waals surface area contributed by atoms with E-state index in [2.05, 4.69) is 11.1 Å². The zero-order valence-corrected chi connectivity index (χ0v) is 18.0. The summed E-state index contributed by atoms with van der Waals surface area (Å²) >= 11 is 12.0. The monoisotopic (exact) mass is 462 g/mol. The SMILES string of the molecule is N#Cc1nc(-c2ccccc2)oc1N1CCN(S(=O)(=O)c2cc(Cl)ccc2Cl)CC1. The van der Waals surface area contributed by atoms with Gasteiger partial charge >= 0.3 is 0 Å². The Hall–Kier alpha value is -2.57. The molecule has 0 bridgehead atoms. The van der Waals surface area contributed by atoms with E-state index in [9.17, 15) is 13.7 Å². The van der Waals surface area contributed by atoms with Gasteiger partial charge in [-0.2, -0.15) is 14.6 Å². The van der Waals surface area contributed by atoms with Gasteiger partial charge in [-0.15, -0.1) is 0 Å². The van der Waals surface area contributed by atoms with Crippen LogP contribution in [0, 0.1) is 11.3 Å². The van der Waals surface area contributed by atoms with E-state index in [1.807, 2.05) is 35.2 Å². The highest BCUT2D eigenvalue weighted by Gasteiger charge is 2.32. The number of piperazine rings is 1. The molecule has 0 amide bonds. The number of sulfonamides is 1. The van der Waals surface area contributed by atoms with Gasteiger partial charge in [-0.25, -0.2) is 8.42 Å². The van der Waals surface area contributed by atoms with Crippen molar-refractivity contribution in [3.05, 3.63) is 64.3 Å². The number of nitriles is 1. The summed E-state index contributed by atoms with van der Waals surface area (Å²) in [6.07, 6.45) is 0. The molecule has 3 aromatic rings. The number of benzene rings is 2. The van der Waals surface area contributed by atoms with Gasteiger partial charge in [0.05, 0.1) is 5.02 Å². The highest BCUT2D eigenvalue weighted by molar-refractivity contribution is 7.89. The summed E-state index contributed by atoms with van der Waals surface area (Å²) in [4.78, 5) is 6.08. The zero-order chi connectivity index (χ0) is 21.3. The molecule has 1 aliphatic rings. The Morgan fingerprint density at radius 2 is 1.73 bits per heavy atom. The highest BCUT2D eigenvalue weighted by atomic mass is 35.5. The number of rotatable bonds is 4. The Kier molecular flexibility index (Phi) is 5.71. The van der Waals surface area contributed by atoms with Gasteiger partial charge in [-0.1, -0.05) is 41.4 Å². The number of aromatic nitrogens is 1. The summed E-state index contributed by atoms with van der Waals surface area (Å²) in [5, 5.41) is 9.88. The molecule has 0 aliphatic carbocycles. The molecule has 10 heteroatoms.